The number of nitrogens with one attached hydrogen (secondary N) is 1. The summed E-state index contributed by atoms with van der Waals surface area (Å²) in [7, 11) is 1.38. The number of rotatable bonds is 6. The SMILES string of the molecule is COC(=O)C(C)Cc1ccc(Nc2cc(C)c([N+](=O)[O-])cn2)cc1. The Morgan fingerprint density at radius 1 is 1.38 bits per heavy atom. The maximum absolute atomic E-state index is 11.4. The first-order valence-electron chi connectivity index (χ1n) is 7.45. The van der Waals surface area contributed by atoms with Crippen molar-refractivity contribution in [3.05, 3.63) is 57.8 Å². The van der Waals surface area contributed by atoms with Gasteiger partial charge in [0.25, 0.3) is 5.69 Å². The van der Waals surface area contributed by atoms with E-state index in [9.17, 15) is 14.9 Å². The number of ether oxygens (including phenoxy) is 1. The molecule has 0 bridgehead atoms. The molecule has 0 radical (unpaired) electrons. The van der Waals surface area contributed by atoms with Gasteiger partial charge < -0.3 is 10.1 Å². The third-order valence-electron chi connectivity index (χ3n) is 3.65. The molecule has 1 aromatic heterocycles. The molecule has 1 N–H and O–H groups in total. The van der Waals surface area contributed by atoms with Crippen LogP contribution in [-0.4, -0.2) is 23.0 Å². The molecule has 24 heavy (non-hydrogen) atoms. The minimum absolute atomic E-state index is 0.00676. The van der Waals surface area contributed by atoms with Gasteiger partial charge in [-0.2, -0.15) is 0 Å². The van der Waals surface area contributed by atoms with Gasteiger partial charge in [0.1, 0.15) is 12.0 Å². The van der Waals surface area contributed by atoms with Crippen LogP contribution in [0.5, 0.6) is 0 Å². The van der Waals surface area contributed by atoms with E-state index >= 15 is 0 Å². The molecule has 2 aromatic rings. The Morgan fingerprint density at radius 2 is 2.04 bits per heavy atom. The zero-order valence-electron chi connectivity index (χ0n) is 13.8. The van der Waals surface area contributed by atoms with Crippen molar-refractivity contribution in [2.75, 3.05) is 12.4 Å². The van der Waals surface area contributed by atoms with Gasteiger partial charge in [-0.3, -0.25) is 14.9 Å². The number of hydrogen-bond donors (Lipinski definition) is 1. The fourth-order valence-corrected chi connectivity index (χ4v) is 2.32. The molecule has 1 unspecified atom stereocenters. The Hall–Kier alpha value is -2.96. The van der Waals surface area contributed by atoms with E-state index in [-0.39, 0.29) is 17.6 Å². The van der Waals surface area contributed by atoms with Crippen LogP contribution >= 0.6 is 0 Å². The third kappa shape index (κ3) is 4.28. The first kappa shape index (κ1) is 17.4. The maximum Gasteiger partial charge on any atom is 0.308 e. The molecule has 0 fully saturated rings. The molecule has 0 saturated carbocycles. The maximum atomic E-state index is 11.4. The van der Waals surface area contributed by atoms with Crippen LogP contribution in [-0.2, 0) is 16.0 Å². The molecule has 1 atom stereocenters. The Kier molecular flexibility index (Phi) is 5.47. The van der Waals surface area contributed by atoms with E-state index in [2.05, 4.69) is 10.3 Å². The van der Waals surface area contributed by atoms with Gasteiger partial charge in [-0.1, -0.05) is 19.1 Å². The van der Waals surface area contributed by atoms with Crippen LogP contribution in [0.4, 0.5) is 17.2 Å². The Labute approximate surface area is 139 Å². The van der Waals surface area contributed by atoms with Crippen LogP contribution in [0.25, 0.3) is 0 Å². The van der Waals surface area contributed by atoms with Crippen molar-refractivity contribution in [2.45, 2.75) is 20.3 Å². The predicted octanol–water partition coefficient (Wildman–Crippen LogP) is 3.39. The van der Waals surface area contributed by atoms with Gasteiger partial charge in [0, 0.05) is 11.3 Å². The summed E-state index contributed by atoms with van der Waals surface area (Å²) in [5.74, 6) is 0.101. The summed E-state index contributed by atoms with van der Waals surface area (Å²) in [5, 5.41) is 13.9. The normalized spacial score (nSPS) is 11.6. The minimum atomic E-state index is -0.455. The van der Waals surface area contributed by atoms with Gasteiger partial charge in [-0.25, -0.2) is 4.98 Å². The number of aryl methyl sites for hydroxylation is 1. The van der Waals surface area contributed by atoms with Gasteiger partial charge in [0.2, 0.25) is 0 Å². The van der Waals surface area contributed by atoms with E-state index < -0.39 is 4.92 Å². The van der Waals surface area contributed by atoms with Crippen molar-refractivity contribution < 1.29 is 14.5 Å². The van der Waals surface area contributed by atoms with E-state index in [0.717, 1.165) is 11.3 Å². The second-order valence-corrected chi connectivity index (χ2v) is 5.56. The number of nitrogens with zero attached hydrogens (tertiary/aromatic N) is 2. The van der Waals surface area contributed by atoms with Gasteiger partial charge in [-0.05, 0) is 37.1 Å². The Bertz CT molecular complexity index is 744. The van der Waals surface area contributed by atoms with Gasteiger partial charge in [0.05, 0.1) is 18.0 Å². The molecule has 126 valence electrons. The van der Waals surface area contributed by atoms with Crippen molar-refractivity contribution in [2.24, 2.45) is 5.92 Å². The number of hydrogen-bond acceptors (Lipinski definition) is 6. The highest BCUT2D eigenvalue weighted by Gasteiger charge is 2.14. The van der Waals surface area contributed by atoms with Gasteiger partial charge in [0.15, 0.2) is 0 Å². The molecule has 7 heteroatoms. The average molecular weight is 329 g/mol. The monoisotopic (exact) mass is 329 g/mol. The predicted molar refractivity (Wildman–Crippen MR) is 90.2 cm³/mol. The molecule has 0 saturated heterocycles. The number of carbonyl (C=O) groups is 1. The lowest BCUT2D eigenvalue weighted by Crippen LogP contribution is -2.15. The van der Waals surface area contributed by atoms with E-state index in [1.807, 2.05) is 31.2 Å². The van der Waals surface area contributed by atoms with Crippen molar-refractivity contribution >= 4 is 23.2 Å². The molecule has 0 spiro atoms. The van der Waals surface area contributed by atoms with Crippen molar-refractivity contribution in [3.63, 3.8) is 0 Å². The van der Waals surface area contributed by atoms with Crippen LogP contribution in [0.2, 0.25) is 0 Å². The fourth-order valence-electron chi connectivity index (χ4n) is 2.32. The van der Waals surface area contributed by atoms with Gasteiger partial charge in [-0.15, -0.1) is 0 Å². The molecule has 0 aliphatic carbocycles. The summed E-state index contributed by atoms with van der Waals surface area (Å²) in [6.07, 6.45) is 1.84. The third-order valence-corrected chi connectivity index (χ3v) is 3.65. The molecule has 0 aliphatic rings. The van der Waals surface area contributed by atoms with E-state index in [4.69, 9.17) is 4.74 Å². The fraction of sp³-hybridized carbons (Fsp3) is 0.294. The highest BCUT2D eigenvalue weighted by molar-refractivity contribution is 5.72. The molecule has 0 aliphatic heterocycles. The number of nitro groups is 1. The lowest BCUT2D eigenvalue weighted by molar-refractivity contribution is -0.385. The van der Waals surface area contributed by atoms with Crippen molar-refractivity contribution in [1.29, 1.82) is 0 Å². The minimum Gasteiger partial charge on any atom is -0.469 e. The summed E-state index contributed by atoms with van der Waals surface area (Å²) in [6, 6.07) is 9.21. The van der Waals surface area contributed by atoms with E-state index in [1.54, 1.807) is 13.0 Å². The molecule has 1 aromatic carbocycles. The number of benzene rings is 1. The smallest absolute Gasteiger partial charge is 0.308 e. The molecule has 0 amide bonds. The van der Waals surface area contributed by atoms with Crippen LogP contribution in [0.1, 0.15) is 18.1 Å². The summed E-state index contributed by atoms with van der Waals surface area (Å²) in [6.45, 7) is 3.49. The zero-order valence-corrected chi connectivity index (χ0v) is 13.8. The topological polar surface area (TPSA) is 94.4 Å². The lowest BCUT2D eigenvalue weighted by Gasteiger charge is -2.10. The second-order valence-electron chi connectivity index (χ2n) is 5.56. The zero-order chi connectivity index (χ0) is 17.7. The summed E-state index contributed by atoms with van der Waals surface area (Å²) >= 11 is 0. The molecule has 1 heterocycles. The molecular formula is C17H19N3O4. The van der Waals surface area contributed by atoms with Crippen LogP contribution in [0, 0.1) is 23.0 Å². The quantitative estimate of drug-likeness (QED) is 0.496. The van der Waals surface area contributed by atoms with E-state index in [1.165, 1.54) is 13.3 Å². The highest BCUT2D eigenvalue weighted by atomic mass is 16.6. The van der Waals surface area contributed by atoms with Crippen molar-refractivity contribution in [1.82, 2.24) is 4.98 Å². The first-order valence-corrected chi connectivity index (χ1v) is 7.45. The standard InChI is InChI=1S/C17H19N3O4/c1-11-9-16(18-10-15(11)20(22)23)19-14-6-4-13(5-7-14)8-12(2)17(21)24-3/h4-7,9-10,12H,8H2,1-3H3,(H,18,19). The molecular weight excluding hydrogens is 310 g/mol. The number of carbonyl (C=O) groups excluding carboxylic acids is 1. The molecule has 7 nitrogen and oxygen atoms in total. The first-order chi connectivity index (χ1) is 11.4. The highest BCUT2D eigenvalue weighted by Crippen LogP contribution is 2.22. The lowest BCUT2D eigenvalue weighted by atomic mass is 10.0. The second kappa shape index (κ2) is 7.54. The number of pyridine rings is 1. The van der Waals surface area contributed by atoms with E-state index in [0.29, 0.717) is 17.8 Å². The average Bonchev–Trinajstić information content (AvgIpc) is 2.55. The largest absolute Gasteiger partial charge is 0.469 e. The van der Waals surface area contributed by atoms with Crippen molar-refractivity contribution in [3.8, 4) is 0 Å². The van der Waals surface area contributed by atoms with Crippen LogP contribution in [0.15, 0.2) is 36.5 Å². The summed E-state index contributed by atoms with van der Waals surface area (Å²) < 4.78 is 4.72. The summed E-state index contributed by atoms with van der Waals surface area (Å²) in [4.78, 5) is 25.8. The molecule has 2 rings (SSSR count). The van der Waals surface area contributed by atoms with Crippen LogP contribution in [0.3, 0.4) is 0 Å². The number of methoxy groups -OCH3 is 1. The van der Waals surface area contributed by atoms with Gasteiger partial charge >= 0.3 is 5.97 Å². The number of anilines is 2. The number of aromatic nitrogens is 1. The summed E-state index contributed by atoms with van der Waals surface area (Å²) in [5.41, 5.74) is 2.37. The Balaban J connectivity index is 2.05. The number of esters is 1. The Morgan fingerprint density at radius 3 is 2.58 bits per heavy atom. The van der Waals surface area contributed by atoms with Crippen LogP contribution < -0.4 is 5.32 Å².